The SMILES string of the molecule is CC(=O)c1ccc(N2CCN(CCN3CCOC3=O)CC2)c(F)c1. The topological polar surface area (TPSA) is 53.1 Å². The van der Waals surface area contributed by atoms with Gasteiger partial charge in [-0.05, 0) is 25.1 Å². The maximum absolute atomic E-state index is 14.2. The highest BCUT2D eigenvalue weighted by atomic mass is 19.1. The second-order valence-electron chi connectivity index (χ2n) is 6.15. The molecule has 1 aromatic carbocycles. The molecule has 2 saturated heterocycles. The van der Waals surface area contributed by atoms with Gasteiger partial charge in [-0.25, -0.2) is 9.18 Å². The van der Waals surface area contributed by atoms with Crippen LogP contribution in [-0.2, 0) is 4.74 Å². The van der Waals surface area contributed by atoms with Gasteiger partial charge in [-0.3, -0.25) is 9.69 Å². The van der Waals surface area contributed by atoms with E-state index in [0.717, 1.165) is 32.7 Å². The number of benzene rings is 1. The number of anilines is 1. The summed E-state index contributed by atoms with van der Waals surface area (Å²) < 4.78 is 19.1. The van der Waals surface area contributed by atoms with Crippen molar-refractivity contribution in [1.82, 2.24) is 9.80 Å². The van der Waals surface area contributed by atoms with Gasteiger partial charge in [-0.2, -0.15) is 0 Å². The number of carbonyl (C=O) groups is 2. The molecule has 7 heteroatoms. The standard InChI is InChI=1S/C17H22FN3O3/c1-13(22)14-2-3-16(15(18)12-14)20-7-4-19(5-8-20)6-9-21-10-11-24-17(21)23/h2-3,12H,4-11H2,1H3. The van der Waals surface area contributed by atoms with Crippen LogP contribution in [0.15, 0.2) is 18.2 Å². The summed E-state index contributed by atoms with van der Waals surface area (Å²) in [5, 5.41) is 0. The second-order valence-corrected chi connectivity index (χ2v) is 6.15. The quantitative estimate of drug-likeness (QED) is 0.765. The summed E-state index contributed by atoms with van der Waals surface area (Å²) in [6.07, 6.45) is -0.235. The third-order valence-corrected chi connectivity index (χ3v) is 4.60. The first-order chi connectivity index (χ1) is 11.5. The lowest BCUT2D eigenvalue weighted by molar-refractivity contribution is 0.101. The molecule has 2 fully saturated rings. The van der Waals surface area contributed by atoms with Crippen LogP contribution in [0.2, 0.25) is 0 Å². The summed E-state index contributed by atoms with van der Waals surface area (Å²) >= 11 is 0. The summed E-state index contributed by atoms with van der Waals surface area (Å²) in [6, 6.07) is 4.66. The van der Waals surface area contributed by atoms with E-state index >= 15 is 0 Å². The lowest BCUT2D eigenvalue weighted by Gasteiger charge is -2.36. The molecule has 2 heterocycles. The van der Waals surface area contributed by atoms with Gasteiger partial charge in [0.1, 0.15) is 12.4 Å². The van der Waals surface area contributed by atoms with Gasteiger partial charge in [0.05, 0.1) is 12.2 Å². The molecule has 0 aromatic heterocycles. The van der Waals surface area contributed by atoms with Crippen LogP contribution in [0.3, 0.4) is 0 Å². The molecule has 0 aliphatic carbocycles. The Kier molecular flexibility index (Phi) is 4.99. The number of ether oxygens (including phenoxy) is 1. The van der Waals surface area contributed by atoms with Gasteiger partial charge >= 0.3 is 6.09 Å². The molecular weight excluding hydrogens is 313 g/mol. The Balaban J connectivity index is 1.51. The molecule has 1 aromatic rings. The molecule has 0 radical (unpaired) electrons. The van der Waals surface area contributed by atoms with Crippen molar-refractivity contribution in [3.63, 3.8) is 0 Å². The van der Waals surface area contributed by atoms with Gasteiger partial charge in [0.25, 0.3) is 0 Å². The van der Waals surface area contributed by atoms with Crippen LogP contribution < -0.4 is 4.90 Å². The lowest BCUT2D eigenvalue weighted by Crippen LogP contribution is -2.48. The van der Waals surface area contributed by atoms with Crippen LogP contribution in [-0.4, -0.2) is 74.1 Å². The molecule has 2 aliphatic rings. The number of Topliss-reactive ketones (excluding diaryl/α,β-unsaturated/α-hetero) is 1. The average Bonchev–Trinajstić information content (AvgIpc) is 2.98. The van der Waals surface area contributed by atoms with Crippen molar-refractivity contribution < 1.29 is 18.7 Å². The van der Waals surface area contributed by atoms with E-state index in [9.17, 15) is 14.0 Å². The molecule has 24 heavy (non-hydrogen) atoms. The number of piperazine rings is 1. The van der Waals surface area contributed by atoms with Crippen molar-refractivity contribution in [3.05, 3.63) is 29.6 Å². The molecular formula is C17H22FN3O3. The largest absolute Gasteiger partial charge is 0.448 e. The molecule has 3 rings (SSSR count). The fourth-order valence-electron chi connectivity index (χ4n) is 3.09. The second kappa shape index (κ2) is 7.17. The average molecular weight is 335 g/mol. The zero-order chi connectivity index (χ0) is 17.1. The van der Waals surface area contributed by atoms with Crippen molar-refractivity contribution in [2.75, 3.05) is 57.3 Å². The van der Waals surface area contributed by atoms with Crippen molar-refractivity contribution >= 4 is 17.6 Å². The van der Waals surface area contributed by atoms with Crippen LogP contribution in [0.4, 0.5) is 14.9 Å². The maximum Gasteiger partial charge on any atom is 0.409 e. The van der Waals surface area contributed by atoms with Crippen molar-refractivity contribution in [3.8, 4) is 0 Å². The minimum Gasteiger partial charge on any atom is -0.448 e. The van der Waals surface area contributed by atoms with E-state index in [0.29, 0.717) is 30.9 Å². The monoisotopic (exact) mass is 335 g/mol. The predicted molar refractivity (Wildman–Crippen MR) is 88.0 cm³/mol. The van der Waals surface area contributed by atoms with Crippen LogP contribution in [0.5, 0.6) is 0 Å². The predicted octanol–water partition coefficient (Wildman–Crippen LogP) is 1.60. The minimum atomic E-state index is -0.351. The Morgan fingerprint density at radius 3 is 2.50 bits per heavy atom. The van der Waals surface area contributed by atoms with E-state index < -0.39 is 0 Å². The molecule has 0 saturated carbocycles. The van der Waals surface area contributed by atoms with E-state index in [4.69, 9.17) is 4.74 Å². The lowest BCUT2D eigenvalue weighted by atomic mass is 10.1. The van der Waals surface area contributed by atoms with Crippen LogP contribution in [0.25, 0.3) is 0 Å². The summed E-state index contributed by atoms with van der Waals surface area (Å²) in [5.74, 6) is -0.485. The first kappa shape index (κ1) is 16.7. The number of halogens is 1. The molecule has 0 spiro atoms. The number of ketones is 1. The van der Waals surface area contributed by atoms with Gasteiger partial charge in [0.2, 0.25) is 0 Å². The van der Waals surface area contributed by atoms with E-state index in [1.165, 1.54) is 13.0 Å². The van der Waals surface area contributed by atoms with E-state index in [-0.39, 0.29) is 17.7 Å². The van der Waals surface area contributed by atoms with Gasteiger partial charge in [-0.1, -0.05) is 0 Å². The Bertz CT molecular complexity index is 630. The Hall–Kier alpha value is -2.15. The smallest absolute Gasteiger partial charge is 0.409 e. The number of cyclic esters (lactones) is 1. The molecule has 6 nitrogen and oxygen atoms in total. The number of hydrogen-bond acceptors (Lipinski definition) is 5. The number of amides is 1. The summed E-state index contributed by atoms with van der Waals surface area (Å²) in [6.45, 7) is 7.11. The molecule has 1 amide bonds. The number of carbonyl (C=O) groups excluding carboxylic acids is 2. The first-order valence-corrected chi connectivity index (χ1v) is 8.24. The molecule has 0 atom stereocenters. The molecule has 0 unspecified atom stereocenters. The van der Waals surface area contributed by atoms with Gasteiger partial charge in [-0.15, -0.1) is 0 Å². The van der Waals surface area contributed by atoms with Crippen molar-refractivity contribution in [2.45, 2.75) is 6.92 Å². The van der Waals surface area contributed by atoms with E-state index in [1.54, 1.807) is 17.0 Å². The van der Waals surface area contributed by atoms with Crippen LogP contribution in [0.1, 0.15) is 17.3 Å². The highest BCUT2D eigenvalue weighted by Crippen LogP contribution is 2.22. The summed E-state index contributed by atoms with van der Waals surface area (Å²) in [7, 11) is 0. The molecule has 130 valence electrons. The third kappa shape index (κ3) is 3.67. The number of rotatable bonds is 5. The third-order valence-electron chi connectivity index (χ3n) is 4.60. The fourth-order valence-corrected chi connectivity index (χ4v) is 3.09. The maximum atomic E-state index is 14.2. The molecule has 2 aliphatic heterocycles. The zero-order valence-electron chi connectivity index (χ0n) is 13.8. The number of hydrogen-bond donors (Lipinski definition) is 0. The molecule has 0 N–H and O–H groups in total. The van der Waals surface area contributed by atoms with Crippen LogP contribution >= 0.6 is 0 Å². The summed E-state index contributed by atoms with van der Waals surface area (Å²) in [5.41, 5.74) is 0.940. The van der Waals surface area contributed by atoms with Gasteiger partial charge in [0, 0.05) is 44.8 Å². The Morgan fingerprint density at radius 2 is 1.92 bits per heavy atom. The van der Waals surface area contributed by atoms with Crippen molar-refractivity contribution in [2.24, 2.45) is 0 Å². The van der Waals surface area contributed by atoms with Crippen molar-refractivity contribution in [1.29, 1.82) is 0 Å². The minimum absolute atomic E-state index is 0.134. The Morgan fingerprint density at radius 1 is 1.17 bits per heavy atom. The van der Waals surface area contributed by atoms with Gasteiger partial charge < -0.3 is 14.5 Å². The Labute approximate surface area is 140 Å². The van der Waals surface area contributed by atoms with Gasteiger partial charge in [0.15, 0.2) is 5.78 Å². The molecule has 0 bridgehead atoms. The van der Waals surface area contributed by atoms with E-state index in [2.05, 4.69) is 4.90 Å². The van der Waals surface area contributed by atoms with E-state index in [1.807, 2.05) is 4.90 Å². The number of nitrogens with zero attached hydrogens (tertiary/aromatic N) is 3. The normalized spacial score (nSPS) is 18.8. The summed E-state index contributed by atoms with van der Waals surface area (Å²) in [4.78, 5) is 28.7. The highest BCUT2D eigenvalue weighted by molar-refractivity contribution is 5.94. The highest BCUT2D eigenvalue weighted by Gasteiger charge is 2.24. The zero-order valence-corrected chi connectivity index (χ0v) is 13.8. The fraction of sp³-hybridized carbons (Fsp3) is 0.529. The first-order valence-electron chi connectivity index (χ1n) is 8.24. The van der Waals surface area contributed by atoms with Crippen LogP contribution in [0, 0.1) is 5.82 Å².